The second-order valence-electron chi connectivity index (χ2n) is 4.70. The van der Waals surface area contributed by atoms with Crippen LogP contribution in [0.15, 0.2) is 48.5 Å². The monoisotopic (exact) mass is 304 g/mol. The Morgan fingerprint density at radius 2 is 2.00 bits per heavy atom. The first-order valence-corrected chi connectivity index (χ1v) is 6.96. The van der Waals surface area contributed by atoms with Gasteiger partial charge < -0.3 is 15.8 Å². The molecule has 2 rings (SSSR count). The number of rotatable bonds is 5. The Morgan fingerprint density at radius 3 is 2.62 bits per heavy atom. The van der Waals surface area contributed by atoms with Crippen LogP contribution in [-0.4, -0.2) is 12.5 Å². The van der Waals surface area contributed by atoms with Gasteiger partial charge in [-0.25, -0.2) is 0 Å². The van der Waals surface area contributed by atoms with Crippen molar-refractivity contribution >= 4 is 23.2 Å². The van der Waals surface area contributed by atoms with Gasteiger partial charge in [-0.3, -0.25) is 4.79 Å². The third kappa shape index (κ3) is 4.77. The normalized spacial score (nSPS) is 11.8. The Kier molecular flexibility index (Phi) is 5.20. The lowest BCUT2D eigenvalue weighted by Crippen LogP contribution is -2.20. The molecule has 110 valence electrons. The lowest BCUT2D eigenvalue weighted by Gasteiger charge is -2.09. The number of carbonyl (C=O) groups is 1. The van der Waals surface area contributed by atoms with E-state index in [1.54, 1.807) is 36.4 Å². The second-order valence-corrected chi connectivity index (χ2v) is 5.14. The second kappa shape index (κ2) is 7.11. The largest absolute Gasteiger partial charge is 0.484 e. The number of nitrogens with two attached hydrogens (primary N) is 1. The van der Waals surface area contributed by atoms with Crippen molar-refractivity contribution in [2.24, 2.45) is 5.73 Å². The van der Waals surface area contributed by atoms with Crippen molar-refractivity contribution in [2.45, 2.75) is 13.0 Å². The van der Waals surface area contributed by atoms with Crippen molar-refractivity contribution < 1.29 is 9.53 Å². The van der Waals surface area contributed by atoms with E-state index in [-0.39, 0.29) is 18.6 Å². The van der Waals surface area contributed by atoms with Gasteiger partial charge in [0.05, 0.1) is 0 Å². The molecule has 0 aliphatic heterocycles. The first-order chi connectivity index (χ1) is 10.0. The predicted molar refractivity (Wildman–Crippen MR) is 84.6 cm³/mol. The summed E-state index contributed by atoms with van der Waals surface area (Å²) in [7, 11) is 0. The Bertz CT molecular complexity index is 612. The number of carbonyl (C=O) groups excluding carboxylic acids is 1. The molecule has 21 heavy (non-hydrogen) atoms. The standard InChI is InChI=1S/C16H17ClN2O2/c1-11(18)12-5-7-15(8-6-12)21-10-16(20)19-14-4-2-3-13(17)9-14/h2-9,11H,10,18H2,1H3,(H,19,20). The Labute approximate surface area is 128 Å². The summed E-state index contributed by atoms with van der Waals surface area (Å²) in [5, 5.41) is 3.28. The highest BCUT2D eigenvalue weighted by atomic mass is 35.5. The minimum absolute atomic E-state index is 0.0230. The molecule has 1 atom stereocenters. The van der Waals surface area contributed by atoms with Gasteiger partial charge >= 0.3 is 0 Å². The first kappa shape index (κ1) is 15.4. The van der Waals surface area contributed by atoms with Crippen molar-refractivity contribution in [2.75, 3.05) is 11.9 Å². The van der Waals surface area contributed by atoms with Crippen LogP contribution in [0.3, 0.4) is 0 Å². The molecule has 0 saturated carbocycles. The molecule has 0 aromatic heterocycles. The summed E-state index contributed by atoms with van der Waals surface area (Å²) in [5.41, 5.74) is 7.43. The fraction of sp³-hybridized carbons (Fsp3) is 0.188. The molecule has 0 bridgehead atoms. The molecule has 4 nitrogen and oxygen atoms in total. The Hall–Kier alpha value is -2.04. The molecule has 0 saturated heterocycles. The van der Waals surface area contributed by atoms with Crippen LogP contribution in [0.2, 0.25) is 5.02 Å². The van der Waals surface area contributed by atoms with Gasteiger partial charge in [0, 0.05) is 16.8 Å². The van der Waals surface area contributed by atoms with Gasteiger partial charge in [-0.05, 0) is 42.8 Å². The molecule has 0 aliphatic carbocycles. The van der Waals surface area contributed by atoms with Crippen LogP contribution in [0.4, 0.5) is 5.69 Å². The first-order valence-electron chi connectivity index (χ1n) is 6.58. The molecule has 2 aromatic carbocycles. The smallest absolute Gasteiger partial charge is 0.262 e. The lowest BCUT2D eigenvalue weighted by molar-refractivity contribution is -0.118. The van der Waals surface area contributed by atoms with Gasteiger partial charge in [-0.15, -0.1) is 0 Å². The van der Waals surface area contributed by atoms with Crippen LogP contribution < -0.4 is 15.8 Å². The lowest BCUT2D eigenvalue weighted by atomic mass is 10.1. The molecule has 0 fully saturated rings. The van der Waals surface area contributed by atoms with Gasteiger partial charge in [0.15, 0.2) is 6.61 Å². The highest BCUT2D eigenvalue weighted by Crippen LogP contribution is 2.17. The van der Waals surface area contributed by atoms with Gasteiger partial charge in [0.2, 0.25) is 0 Å². The van der Waals surface area contributed by atoms with Crippen LogP contribution in [0.1, 0.15) is 18.5 Å². The van der Waals surface area contributed by atoms with E-state index in [1.165, 1.54) is 0 Å². The van der Waals surface area contributed by atoms with Gasteiger partial charge in [-0.2, -0.15) is 0 Å². The van der Waals surface area contributed by atoms with Gasteiger partial charge in [0.25, 0.3) is 5.91 Å². The quantitative estimate of drug-likeness (QED) is 0.890. The molecule has 0 aliphatic rings. The fourth-order valence-electron chi connectivity index (χ4n) is 1.78. The van der Waals surface area contributed by atoms with Crippen LogP contribution in [-0.2, 0) is 4.79 Å². The summed E-state index contributed by atoms with van der Waals surface area (Å²) in [6.45, 7) is 1.85. The zero-order valence-electron chi connectivity index (χ0n) is 11.7. The molecule has 1 amide bonds. The van der Waals surface area contributed by atoms with Crippen molar-refractivity contribution in [3.05, 3.63) is 59.1 Å². The van der Waals surface area contributed by atoms with Crippen molar-refractivity contribution in [1.82, 2.24) is 0 Å². The minimum Gasteiger partial charge on any atom is -0.484 e. The predicted octanol–water partition coefficient (Wildman–Crippen LogP) is 3.38. The van der Waals surface area contributed by atoms with E-state index in [0.717, 1.165) is 5.56 Å². The highest BCUT2D eigenvalue weighted by Gasteiger charge is 2.05. The van der Waals surface area contributed by atoms with Crippen LogP contribution in [0, 0.1) is 0 Å². The molecular weight excluding hydrogens is 288 g/mol. The summed E-state index contributed by atoms with van der Waals surface area (Å²) >= 11 is 5.85. The number of benzene rings is 2. The highest BCUT2D eigenvalue weighted by molar-refractivity contribution is 6.30. The third-order valence-electron chi connectivity index (χ3n) is 2.88. The summed E-state index contributed by atoms with van der Waals surface area (Å²) in [6, 6.07) is 14.3. The number of hydrogen-bond acceptors (Lipinski definition) is 3. The maximum Gasteiger partial charge on any atom is 0.262 e. The van der Waals surface area contributed by atoms with Crippen molar-refractivity contribution in [3.8, 4) is 5.75 Å². The number of amides is 1. The molecule has 1 unspecified atom stereocenters. The van der Waals surface area contributed by atoms with E-state index in [4.69, 9.17) is 22.1 Å². The van der Waals surface area contributed by atoms with E-state index in [0.29, 0.717) is 16.5 Å². The number of hydrogen-bond donors (Lipinski definition) is 2. The molecule has 0 radical (unpaired) electrons. The zero-order valence-corrected chi connectivity index (χ0v) is 12.4. The van der Waals surface area contributed by atoms with E-state index in [2.05, 4.69) is 5.32 Å². The molecule has 2 aromatic rings. The SMILES string of the molecule is CC(N)c1ccc(OCC(=O)Nc2cccc(Cl)c2)cc1. The fourth-order valence-corrected chi connectivity index (χ4v) is 1.97. The summed E-state index contributed by atoms with van der Waals surface area (Å²) in [5.74, 6) is 0.384. The minimum atomic E-state index is -0.242. The average Bonchev–Trinajstić information content (AvgIpc) is 2.45. The maximum atomic E-state index is 11.8. The number of halogens is 1. The summed E-state index contributed by atoms with van der Waals surface area (Å²) in [4.78, 5) is 11.8. The van der Waals surface area contributed by atoms with E-state index < -0.39 is 0 Å². The van der Waals surface area contributed by atoms with Gasteiger partial charge in [0.1, 0.15) is 5.75 Å². The maximum absolute atomic E-state index is 11.8. The molecular formula is C16H17ClN2O2. The van der Waals surface area contributed by atoms with Crippen LogP contribution >= 0.6 is 11.6 Å². The average molecular weight is 305 g/mol. The number of nitrogens with one attached hydrogen (secondary N) is 1. The van der Waals surface area contributed by atoms with Crippen molar-refractivity contribution in [3.63, 3.8) is 0 Å². The Balaban J connectivity index is 1.86. The van der Waals surface area contributed by atoms with E-state index in [1.807, 2.05) is 19.1 Å². The van der Waals surface area contributed by atoms with Crippen LogP contribution in [0.5, 0.6) is 5.75 Å². The molecule has 0 heterocycles. The molecule has 0 spiro atoms. The third-order valence-corrected chi connectivity index (χ3v) is 3.12. The topological polar surface area (TPSA) is 64.3 Å². The van der Waals surface area contributed by atoms with E-state index >= 15 is 0 Å². The number of anilines is 1. The van der Waals surface area contributed by atoms with Gasteiger partial charge in [-0.1, -0.05) is 29.8 Å². The summed E-state index contributed by atoms with van der Waals surface area (Å²) in [6.07, 6.45) is 0. The number of ether oxygens (including phenoxy) is 1. The van der Waals surface area contributed by atoms with E-state index in [9.17, 15) is 4.79 Å². The molecule has 5 heteroatoms. The molecule has 3 N–H and O–H groups in total. The summed E-state index contributed by atoms with van der Waals surface area (Å²) < 4.78 is 5.42. The zero-order chi connectivity index (χ0) is 15.2. The van der Waals surface area contributed by atoms with Crippen molar-refractivity contribution in [1.29, 1.82) is 0 Å². The Morgan fingerprint density at radius 1 is 1.29 bits per heavy atom. The van der Waals surface area contributed by atoms with Crippen LogP contribution in [0.25, 0.3) is 0 Å².